The van der Waals surface area contributed by atoms with Crippen LogP contribution in [0.3, 0.4) is 0 Å². The maximum Gasteiger partial charge on any atom is 0.119 e. The number of hydrogen-bond acceptors (Lipinski definition) is 1. The molecule has 0 amide bonds. The quantitative estimate of drug-likeness (QED) is 0.744. The third kappa shape index (κ3) is 2.36. The molecule has 0 spiro atoms. The van der Waals surface area contributed by atoms with Crippen LogP contribution in [0.25, 0.3) is 0 Å². The highest BCUT2D eigenvalue weighted by molar-refractivity contribution is 14.1. The average Bonchev–Trinajstić information content (AvgIpc) is 1.98. The van der Waals surface area contributed by atoms with Crippen LogP contribution in [0.1, 0.15) is 12.5 Å². The summed E-state index contributed by atoms with van der Waals surface area (Å²) in [4.78, 5) is 0. The Kier molecular flexibility index (Phi) is 3.17. The highest BCUT2D eigenvalue weighted by atomic mass is 127. The second-order valence-electron chi connectivity index (χ2n) is 2.19. The first-order valence-electron chi connectivity index (χ1n) is 3.48. The fraction of sp³-hybridized carbons (Fsp3) is 0.222. The summed E-state index contributed by atoms with van der Waals surface area (Å²) in [7, 11) is 0. The molecule has 1 nitrogen and oxygen atoms in total. The van der Waals surface area contributed by atoms with E-state index in [0.717, 1.165) is 11.3 Å². The predicted octanol–water partition coefficient (Wildman–Crippen LogP) is 2.87. The molecule has 1 aromatic rings. The van der Waals surface area contributed by atoms with Crippen LogP contribution < -0.4 is 4.74 Å². The number of benzene rings is 1. The molecule has 0 aliphatic heterocycles. The zero-order valence-corrected chi connectivity index (χ0v) is 8.59. The van der Waals surface area contributed by atoms with Crippen LogP contribution in [0.2, 0.25) is 0 Å². The Morgan fingerprint density at radius 2 is 2.27 bits per heavy atom. The Labute approximate surface area is 80.9 Å². The van der Waals surface area contributed by atoms with Crippen molar-refractivity contribution in [3.8, 4) is 5.75 Å². The first-order valence-corrected chi connectivity index (χ1v) is 4.56. The van der Waals surface area contributed by atoms with E-state index in [1.807, 2.05) is 25.1 Å². The van der Waals surface area contributed by atoms with Crippen LogP contribution >= 0.6 is 22.6 Å². The van der Waals surface area contributed by atoms with E-state index in [1.54, 1.807) is 0 Å². The van der Waals surface area contributed by atoms with E-state index in [4.69, 9.17) is 4.74 Å². The predicted molar refractivity (Wildman–Crippen MR) is 54.8 cm³/mol. The zero-order chi connectivity index (χ0) is 8.27. The molecule has 1 radical (unpaired) electrons. The SMILES string of the molecule is [CH2]c1cc(OCC)ccc1I. The molecule has 0 fully saturated rings. The molecule has 0 unspecified atom stereocenters. The Bertz CT molecular complexity index is 245. The van der Waals surface area contributed by atoms with E-state index in [-0.39, 0.29) is 0 Å². The van der Waals surface area contributed by atoms with Gasteiger partial charge in [0.2, 0.25) is 0 Å². The summed E-state index contributed by atoms with van der Waals surface area (Å²) in [6, 6.07) is 5.92. The molecule has 0 bridgehead atoms. The van der Waals surface area contributed by atoms with Gasteiger partial charge >= 0.3 is 0 Å². The largest absolute Gasteiger partial charge is 0.494 e. The lowest BCUT2D eigenvalue weighted by Gasteiger charge is -2.04. The van der Waals surface area contributed by atoms with Gasteiger partial charge in [0, 0.05) is 3.57 Å². The molecule has 0 aliphatic rings. The van der Waals surface area contributed by atoms with Gasteiger partial charge in [0.05, 0.1) is 6.61 Å². The standard InChI is InChI=1S/C9H10IO/c1-3-11-8-4-5-9(10)7(2)6-8/h4-6H,2-3H2,1H3. The number of rotatable bonds is 2. The van der Waals surface area contributed by atoms with Gasteiger partial charge in [-0.3, -0.25) is 0 Å². The molecule has 0 heterocycles. The molecule has 11 heavy (non-hydrogen) atoms. The molecule has 0 atom stereocenters. The Morgan fingerprint density at radius 1 is 1.55 bits per heavy atom. The van der Waals surface area contributed by atoms with E-state index in [9.17, 15) is 0 Å². The number of ether oxygens (including phenoxy) is 1. The van der Waals surface area contributed by atoms with Crippen LogP contribution in [0.4, 0.5) is 0 Å². The second-order valence-corrected chi connectivity index (χ2v) is 3.35. The van der Waals surface area contributed by atoms with Crippen molar-refractivity contribution in [2.45, 2.75) is 6.92 Å². The smallest absolute Gasteiger partial charge is 0.119 e. The number of halogens is 1. The minimum atomic E-state index is 0.708. The van der Waals surface area contributed by atoms with Crippen molar-refractivity contribution in [3.05, 3.63) is 34.3 Å². The molecule has 2 heteroatoms. The van der Waals surface area contributed by atoms with E-state index in [0.29, 0.717) is 6.61 Å². The Balaban J connectivity index is 2.86. The molecular formula is C9H10IO. The van der Waals surface area contributed by atoms with Gasteiger partial charge < -0.3 is 4.74 Å². The minimum absolute atomic E-state index is 0.708. The average molecular weight is 261 g/mol. The maximum absolute atomic E-state index is 5.30. The van der Waals surface area contributed by atoms with Crippen LogP contribution in [-0.4, -0.2) is 6.61 Å². The lowest BCUT2D eigenvalue weighted by molar-refractivity contribution is 0.340. The van der Waals surface area contributed by atoms with E-state index >= 15 is 0 Å². The van der Waals surface area contributed by atoms with Crippen molar-refractivity contribution in [2.75, 3.05) is 6.61 Å². The summed E-state index contributed by atoms with van der Waals surface area (Å²) >= 11 is 2.25. The maximum atomic E-state index is 5.30. The van der Waals surface area contributed by atoms with Crippen molar-refractivity contribution in [3.63, 3.8) is 0 Å². The van der Waals surface area contributed by atoms with Crippen LogP contribution in [0.15, 0.2) is 18.2 Å². The highest BCUT2D eigenvalue weighted by Crippen LogP contribution is 2.18. The van der Waals surface area contributed by atoms with Gasteiger partial charge in [-0.25, -0.2) is 0 Å². The topological polar surface area (TPSA) is 9.23 Å². The summed E-state index contributed by atoms with van der Waals surface area (Å²) in [5, 5.41) is 0. The molecule has 0 saturated carbocycles. The third-order valence-corrected chi connectivity index (χ3v) is 2.38. The van der Waals surface area contributed by atoms with Crippen LogP contribution in [-0.2, 0) is 0 Å². The van der Waals surface area contributed by atoms with E-state index < -0.39 is 0 Å². The van der Waals surface area contributed by atoms with Crippen molar-refractivity contribution in [1.82, 2.24) is 0 Å². The Morgan fingerprint density at radius 3 is 2.82 bits per heavy atom. The van der Waals surface area contributed by atoms with Gasteiger partial charge in [0.15, 0.2) is 0 Å². The summed E-state index contributed by atoms with van der Waals surface area (Å²) < 4.78 is 6.47. The molecule has 0 aromatic heterocycles. The van der Waals surface area contributed by atoms with E-state index in [1.165, 1.54) is 3.57 Å². The summed E-state index contributed by atoms with van der Waals surface area (Å²) in [5.74, 6) is 0.901. The first-order chi connectivity index (χ1) is 5.24. The lowest BCUT2D eigenvalue weighted by Crippen LogP contribution is -1.91. The third-order valence-electron chi connectivity index (χ3n) is 1.33. The van der Waals surface area contributed by atoms with Gasteiger partial charge in [0.25, 0.3) is 0 Å². The van der Waals surface area contributed by atoms with Gasteiger partial charge in [-0.2, -0.15) is 0 Å². The van der Waals surface area contributed by atoms with Crippen molar-refractivity contribution in [2.24, 2.45) is 0 Å². The second kappa shape index (κ2) is 3.95. The molecular weight excluding hydrogens is 251 g/mol. The monoisotopic (exact) mass is 261 g/mol. The fourth-order valence-corrected chi connectivity index (χ4v) is 1.14. The molecule has 1 rings (SSSR count). The van der Waals surface area contributed by atoms with Gasteiger partial charge in [-0.15, -0.1) is 0 Å². The normalized spacial score (nSPS) is 9.73. The van der Waals surface area contributed by atoms with Crippen LogP contribution in [0, 0.1) is 10.5 Å². The van der Waals surface area contributed by atoms with Crippen molar-refractivity contribution < 1.29 is 4.74 Å². The van der Waals surface area contributed by atoms with Gasteiger partial charge in [-0.05, 0) is 60.2 Å². The molecule has 0 saturated heterocycles. The first kappa shape index (κ1) is 8.84. The Hall–Kier alpha value is -0.250. The van der Waals surface area contributed by atoms with Crippen molar-refractivity contribution >= 4 is 22.6 Å². The van der Waals surface area contributed by atoms with Gasteiger partial charge in [0.1, 0.15) is 5.75 Å². The molecule has 59 valence electrons. The highest BCUT2D eigenvalue weighted by Gasteiger charge is 1.95. The lowest BCUT2D eigenvalue weighted by atomic mass is 10.2. The van der Waals surface area contributed by atoms with E-state index in [2.05, 4.69) is 29.5 Å². The summed E-state index contributed by atoms with van der Waals surface area (Å²) in [6.45, 7) is 6.56. The van der Waals surface area contributed by atoms with Gasteiger partial charge in [-0.1, -0.05) is 0 Å². The summed E-state index contributed by atoms with van der Waals surface area (Å²) in [5.41, 5.74) is 1.02. The molecule has 1 aromatic carbocycles. The number of hydrogen-bond donors (Lipinski definition) is 0. The minimum Gasteiger partial charge on any atom is -0.494 e. The molecule has 0 aliphatic carbocycles. The molecule has 0 N–H and O–H groups in total. The zero-order valence-electron chi connectivity index (χ0n) is 6.43. The summed E-state index contributed by atoms with van der Waals surface area (Å²) in [6.07, 6.45) is 0. The fourth-order valence-electron chi connectivity index (χ4n) is 0.808. The van der Waals surface area contributed by atoms with Crippen molar-refractivity contribution in [1.29, 1.82) is 0 Å². The van der Waals surface area contributed by atoms with Crippen LogP contribution in [0.5, 0.6) is 5.75 Å².